The Morgan fingerprint density at radius 2 is 2.27 bits per heavy atom. The molecule has 0 aliphatic heterocycles. The Morgan fingerprint density at radius 1 is 1.55 bits per heavy atom. The Morgan fingerprint density at radius 3 is 2.82 bits per heavy atom. The van der Waals surface area contributed by atoms with Crippen molar-refractivity contribution in [2.45, 2.75) is 6.42 Å². The van der Waals surface area contributed by atoms with Gasteiger partial charge in [0.2, 0.25) is 0 Å². The Bertz CT molecular complexity index is 273. The lowest BCUT2D eigenvalue weighted by Crippen LogP contribution is -1.90. The van der Waals surface area contributed by atoms with Crippen LogP contribution in [0.1, 0.15) is 5.56 Å². The highest BCUT2D eigenvalue weighted by atomic mass is 127. The first kappa shape index (κ1) is 8.64. The SMILES string of the molecule is O=CCc1ccc(F)cc1I. The zero-order valence-electron chi connectivity index (χ0n) is 5.68. The predicted octanol–water partition coefficient (Wildman–Crippen LogP) is 2.17. The third kappa shape index (κ3) is 2.25. The van der Waals surface area contributed by atoms with Gasteiger partial charge in [-0.25, -0.2) is 4.39 Å². The molecular formula is C8H6FIO. The van der Waals surface area contributed by atoms with Gasteiger partial charge in [-0.1, -0.05) is 6.07 Å². The second kappa shape index (κ2) is 3.80. The summed E-state index contributed by atoms with van der Waals surface area (Å²) >= 11 is 2.01. The van der Waals surface area contributed by atoms with E-state index in [1.165, 1.54) is 12.1 Å². The molecule has 58 valence electrons. The van der Waals surface area contributed by atoms with E-state index in [1.807, 2.05) is 22.6 Å². The highest BCUT2D eigenvalue weighted by Crippen LogP contribution is 2.13. The zero-order valence-corrected chi connectivity index (χ0v) is 7.84. The average molecular weight is 264 g/mol. The lowest BCUT2D eigenvalue weighted by Gasteiger charge is -1.98. The van der Waals surface area contributed by atoms with Gasteiger partial charge in [0.25, 0.3) is 0 Å². The fourth-order valence-electron chi connectivity index (χ4n) is 0.777. The summed E-state index contributed by atoms with van der Waals surface area (Å²) in [5, 5.41) is 0. The molecule has 1 nitrogen and oxygen atoms in total. The molecule has 1 aromatic rings. The van der Waals surface area contributed by atoms with Crippen molar-refractivity contribution >= 4 is 28.9 Å². The van der Waals surface area contributed by atoms with Crippen LogP contribution in [0.15, 0.2) is 18.2 Å². The van der Waals surface area contributed by atoms with Crippen molar-refractivity contribution in [3.8, 4) is 0 Å². The molecule has 1 aromatic carbocycles. The lowest BCUT2D eigenvalue weighted by molar-refractivity contribution is -0.107. The quantitative estimate of drug-likeness (QED) is 0.591. The summed E-state index contributed by atoms with van der Waals surface area (Å²) in [7, 11) is 0. The van der Waals surface area contributed by atoms with Crippen LogP contribution in [0.3, 0.4) is 0 Å². The van der Waals surface area contributed by atoms with Gasteiger partial charge >= 0.3 is 0 Å². The molecule has 0 aliphatic carbocycles. The maximum absolute atomic E-state index is 12.5. The van der Waals surface area contributed by atoms with E-state index in [-0.39, 0.29) is 5.82 Å². The van der Waals surface area contributed by atoms with Gasteiger partial charge in [-0.2, -0.15) is 0 Å². The fourth-order valence-corrected chi connectivity index (χ4v) is 1.47. The first-order chi connectivity index (χ1) is 5.24. The molecule has 3 heteroatoms. The Hall–Kier alpha value is -0.450. The van der Waals surface area contributed by atoms with E-state index in [1.54, 1.807) is 6.07 Å². The third-order valence-electron chi connectivity index (χ3n) is 1.32. The second-order valence-corrected chi connectivity index (χ2v) is 3.27. The maximum Gasteiger partial charge on any atom is 0.124 e. The Labute approximate surface area is 77.8 Å². The first-order valence-corrected chi connectivity index (χ1v) is 4.19. The molecule has 0 heterocycles. The summed E-state index contributed by atoms with van der Waals surface area (Å²) in [4.78, 5) is 10.1. The van der Waals surface area contributed by atoms with Gasteiger partial charge in [0.15, 0.2) is 0 Å². The number of benzene rings is 1. The minimum Gasteiger partial charge on any atom is -0.303 e. The third-order valence-corrected chi connectivity index (χ3v) is 2.32. The number of halogens is 2. The van der Waals surface area contributed by atoms with Crippen LogP contribution in [0.5, 0.6) is 0 Å². The van der Waals surface area contributed by atoms with Crippen molar-refractivity contribution in [2.24, 2.45) is 0 Å². The summed E-state index contributed by atoms with van der Waals surface area (Å²) < 4.78 is 13.3. The van der Waals surface area contributed by atoms with Crippen molar-refractivity contribution in [2.75, 3.05) is 0 Å². The molecule has 0 aromatic heterocycles. The van der Waals surface area contributed by atoms with Crippen molar-refractivity contribution in [1.82, 2.24) is 0 Å². The summed E-state index contributed by atoms with van der Waals surface area (Å²) in [5.74, 6) is -0.260. The van der Waals surface area contributed by atoms with Gasteiger partial charge in [-0.05, 0) is 40.3 Å². The molecule has 0 N–H and O–H groups in total. The largest absolute Gasteiger partial charge is 0.303 e. The fraction of sp³-hybridized carbons (Fsp3) is 0.125. The highest BCUT2D eigenvalue weighted by Gasteiger charge is 1.99. The Kier molecular flexibility index (Phi) is 2.99. The lowest BCUT2D eigenvalue weighted by atomic mass is 10.2. The van der Waals surface area contributed by atoms with E-state index >= 15 is 0 Å². The van der Waals surface area contributed by atoms with Gasteiger partial charge < -0.3 is 4.79 Å². The summed E-state index contributed by atoms with van der Waals surface area (Å²) in [6.45, 7) is 0. The zero-order chi connectivity index (χ0) is 8.27. The monoisotopic (exact) mass is 264 g/mol. The standard InChI is InChI=1S/C8H6FIO/c9-7-2-1-6(3-4-11)8(10)5-7/h1-2,4-5H,3H2. The van der Waals surface area contributed by atoms with Gasteiger partial charge in [-0.15, -0.1) is 0 Å². The molecular weight excluding hydrogens is 258 g/mol. The van der Waals surface area contributed by atoms with Crippen LogP contribution in [0.4, 0.5) is 4.39 Å². The molecule has 0 saturated heterocycles. The maximum atomic E-state index is 12.5. The van der Waals surface area contributed by atoms with Gasteiger partial charge in [0, 0.05) is 9.99 Å². The van der Waals surface area contributed by atoms with Crippen LogP contribution in [-0.4, -0.2) is 6.29 Å². The molecule has 0 amide bonds. The van der Waals surface area contributed by atoms with Crippen LogP contribution >= 0.6 is 22.6 Å². The van der Waals surface area contributed by atoms with Crippen LogP contribution < -0.4 is 0 Å². The normalized spacial score (nSPS) is 9.64. The molecule has 0 aliphatic rings. The van der Waals surface area contributed by atoms with Crippen molar-refractivity contribution < 1.29 is 9.18 Å². The van der Waals surface area contributed by atoms with E-state index in [2.05, 4.69) is 0 Å². The number of carbonyl (C=O) groups excluding carboxylic acids is 1. The smallest absolute Gasteiger partial charge is 0.124 e. The van der Waals surface area contributed by atoms with Crippen molar-refractivity contribution in [3.63, 3.8) is 0 Å². The minimum atomic E-state index is -0.260. The van der Waals surface area contributed by atoms with Crippen molar-refractivity contribution in [3.05, 3.63) is 33.1 Å². The summed E-state index contributed by atoms with van der Waals surface area (Å²) in [5.41, 5.74) is 0.877. The highest BCUT2D eigenvalue weighted by molar-refractivity contribution is 14.1. The Balaban J connectivity index is 2.98. The topological polar surface area (TPSA) is 17.1 Å². The van der Waals surface area contributed by atoms with E-state index in [4.69, 9.17) is 0 Å². The molecule has 0 saturated carbocycles. The molecule has 0 bridgehead atoms. The van der Waals surface area contributed by atoms with E-state index in [0.29, 0.717) is 6.42 Å². The van der Waals surface area contributed by atoms with E-state index in [9.17, 15) is 9.18 Å². The van der Waals surface area contributed by atoms with Gasteiger partial charge in [0.05, 0.1) is 0 Å². The number of aldehydes is 1. The number of rotatable bonds is 2. The minimum absolute atomic E-state index is 0.260. The second-order valence-electron chi connectivity index (χ2n) is 2.11. The molecule has 0 spiro atoms. The predicted molar refractivity (Wildman–Crippen MR) is 48.9 cm³/mol. The molecule has 11 heavy (non-hydrogen) atoms. The van der Waals surface area contributed by atoms with Crippen LogP contribution in [0, 0.1) is 9.39 Å². The summed E-state index contributed by atoms with van der Waals surface area (Å²) in [6, 6.07) is 4.41. The van der Waals surface area contributed by atoms with E-state index in [0.717, 1.165) is 15.4 Å². The summed E-state index contributed by atoms with van der Waals surface area (Å²) in [6.07, 6.45) is 1.17. The number of hydrogen-bond donors (Lipinski definition) is 0. The molecule has 0 unspecified atom stereocenters. The molecule has 0 fully saturated rings. The molecule has 1 rings (SSSR count). The number of hydrogen-bond acceptors (Lipinski definition) is 1. The van der Waals surface area contributed by atoms with Crippen LogP contribution in [0.25, 0.3) is 0 Å². The van der Waals surface area contributed by atoms with Gasteiger partial charge in [-0.3, -0.25) is 0 Å². The first-order valence-electron chi connectivity index (χ1n) is 3.11. The van der Waals surface area contributed by atoms with Crippen LogP contribution in [0.2, 0.25) is 0 Å². The molecule has 0 radical (unpaired) electrons. The van der Waals surface area contributed by atoms with E-state index < -0.39 is 0 Å². The molecule has 0 atom stereocenters. The number of carbonyl (C=O) groups is 1. The average Bonchev–Trinajstić information content (AvgIpc) is 1.95. The van der Waals surface area contributed by atoms with Crippen molar-refractivity contribution in [1.29, 1.82) is 0 Å². The van der Waals surface area contributed by atoms with Gasteiger partial charge in [0.1, 0.15) is 12.1 Å². The van der Waals surface area contributed by atoms with Crippen LogP contribution in [-0.2, 0) is 11.2 Å².